The van der Waals surface area contributed by atoms with E-state index in [2.05, 4.69) is 15.5 Å². The maximum atomic E-state index is 13.0. The van der Waals surface area contributed by atoms with Crippen molar-refractivity contribution in [3.8, 4) is 28.6 Å². The highest BCUT2D eigenvalue weighted by Crippen LogP contribution is 2.34. The maximum Gasteiger partial charge on any atom is 0.237 e. The molecule has 178 valence electrons. The number of aromatic nitrogens is 3. The third-order valence-electron chi connectivity index (χ3n) is 5.54. The van der Waals surface area contributed by atoms with Crippen LogP contribution in [-0.4, -0.2) is 39.8 Å². The first kappa shape index (κ1) is 22.8. The third kappa shape index (κ3) is 4.95. The summed E-state index contributed by atoms with van der Waals surface area (Å²) in [5.74, 6) is 2.63. The van der Waals surface area contributed by atoms with Crippen molar-refractivity contribution in [1.82, 2.24) is 14.8 Å². The predicted molar refractivity (Wildman–Crippen MR) is 134 cm³/mol. The van der Waals surface area contributed by atoms with E-state index in [1.807, 2.05) is 84.3 Å². The van der Waals surface area contributed by atoms with Gasteiger partial charge in [0.15, 0.2) is 22.5 Å². The Hall–Kier alpha value is -3.98. The highest BCUT2D eigenvalue weighted by Gasteiger charge is 2.22. The van der Waals surface area contributed by atoms with Gasteiger partial charge in [0.1, 0.15) is 5.75 Å². The van der Waals surface area contributed by atoms with Crippen LogP contribution in [0, 0.1) is 0 Å². The van der Waals surface area contributed by atoms with Crippen LogP contribution in [0.25, 0.3) is 11.4 Å². The van der Waals surface area contributed by atoms with Crippen LogP contribution >= 0.6 is 11.8 Å². The van der Waals surface area contributed by atoms with Crippen molar-refractivity contribution < 1.29 is 19.0 Å². The highest BCUT2D eigenvalue weighted by atomic mass is 32.2. The van der Waals surface area contributed by atoms with Crippen molar-refractivity contribution in [2.45, 2.75) is 23.9 Å². The van der Waals surface area contributed by atoms with E-state index in [0.717, 1.165) is 28.5 Å². The van der Waals surface area contributed by atoms with E-state index >= 15 is 0 Å². The number of hydrogen-bond acceptors (Lipinski definition) is 7. The zero-order chi connectivity index (χ0) is 24.2. The van der Waals surface area contributed by atoms with Crippen LogP contribution in [0.15, 0.2) is 78.0 Å². The molecule has 0 bridgehead atoms. The highest BCUT2D eigenvalue weighted by molar-refractivity contribution is 8.00. The minimum Gasteiger partial charge on any atom is -0.495 e. The molecule has 0 radical (unpaired) electrons. The van der Waals surface area contributed by atoms with Crippen molar-refractivity contribution in [2.75, 3.05) is 19.2 Å². The molecule has 0 saturated heterocycles. The first-order valence-electron chi connectivity index (χ1n) is 11.1. The molecular weight excluding hydrogens is 464 g/mol. The van der Waals surface area contributed by atoms with Gasteiger partial charge >= 0.3 is 0 Å². The van der Waals surface area contributed by atoms with E-state index in [9.17, 15) is 4.79 Å². The molecule has 1 amide bonds. The van der Waals surface area contributed by atoms with Crippen LogP contribution in [0.1, 0.15) is 12.5 Å². The van der Waals surface area contributed by atoms with Crippen LogP contribution in [0.5, 0.6) is 17.2 Å². The molecule has 35 heavy (non-hydrogen) atoms. The summed E-state index contributed by atoms with van der Waals surface area (Å²) in [5, 5.41) is 12.1. The fraction of sp³-hybridized carbons (Fsp3) is 0.192. The lowest BCUT2D eigenvalue weighted by Crippen LogP contribution is -2.23. The number of carbonyl (C=O) groups excluding carboxylic acids is 1. The number of para-hydroxylation sites is 2. The molecule has 1 atom stereocenters. The van der Waals surface area contributed by atoms with Gasteiger partial charge in [-0.1, -0.05) is 60.3 Å². The van der Waals surface area contributed by atoms with Crippen molar-refractivity contribution in [3.05, 3.63) is 78.4 Å². The second kappa shape index (κ2) is 10.1. The summed E-state index contributed by atoms with van der Waals surface area (Å²) in [5.41, 5.74) is 2.58. The Bertz CT molecular complexity index is 1340. The number of fused-ring (bicyclic) bond motifs is 1. The molecule has 1 aliphatic rings. The van der Waals surface area contributed by atoms with Gasteiger partial charge in [-0.3, -0.25) is 9.36 Å². The number of amides is 1. The molecule has 0 saturated carbocycles. The fourth-order valence-electron chi connectivity index (χ4n) is 3.73. The number of benzene rings is 3. The number of anilines is 1. The summed E-state index contributed by atoms with van der Waals surface area (Å²) in [6.07, 6.45) is 0. The number of carbonyl (C=O) groups is 1. The van der Waals surface area contributed by atoms with Gasteiger partial charge in [0.2, 0.25) is 12.7 Å². The first-order valence-corrected chi connectivity index (χ1v) is 12.0. The third-order valence-corrected chi connectivity index (χ3v) is 6.62. The monoisotopic (exact) mass is 488 g/mol. The first-order chi connectivity index (χ1) is 17.1. The van der Waals surface area contributed by atoms with Crippen LogP contribution in [0.2, 0.25) is 0 Å². The van der Waals surface area contributed by atoms with Gasteiger partial charge in [-0.15, -0.1) is 10.2 Å². The molecule has 1 aromatic heterocycles. The number of thioether (sulfide) groups is 1. The molecule has 8 nitrogen and oxygen atoms in total. The average Bonchev–Trinajstić information content (AvgIpc) is 3.51. The van der Waals surface area contributed by atoms with E-state index in [1.165, 1.54) is 11.8 Å². The maximum absolute atomic E-state index is 13.0. The van der Waals surface area contributed by atoms with E-state index < -0.39 is 5.25 Å². The lowest BCUT2D eigenvalue weighted by Gasteiger charge is -2.15. The number of rotatable bonds is 8. The zero-order valence-corrected chi connectivity index (χ0v) is 20.1. The second-order valence-corrected chi connectivity index (χ2v) is 9.20. The van der Waals surface area contributed by atoms with Crippen LogP contribution in [0.3, 0.4) is 0 Å². The number of hydrogen-bond donors (Lipinski definition) is 1. The predicted octanol–water partition coefficient (Wildman–Crippen LogP) is 4.85. The van der Waals surface area contributed by atoms with E-state index in [0.29, 0.717) is 23.1 Å². The largest absolute Gasteiger partial charge is 0.495 e. The lowest BCUT2D eigenvalue weighted by atomic mass is 10.2. The average molecular weight is 489 g/mol. The van der Waals surface area contributed by atoms with Gasteiger partial charge in [0.05, 0.1) is 24.6 Å². The zero-order valence-electron chi connectivity index (χ0n) is 19.3. The molecule has 0 spiro atoms. The Balaban J connectivity index is 1.41. The standard InChI is InChI=1S/C26H24N4O4S/c1-17(25(31)27-20-10-6-7-11-21(20)32-2)35-26-29-28-24(19-8-4-3-5-9-19)30(26)15-18-12-13-22-23(14-18)34-16-33-22/h3-14,17H,15-16H2,1-2H3,(H,27,31). The van der Waals surface area contributed by atoms with Gasteiger partial charge in [0, 0.05) is 5.56 Å². The summed E-state index contributed by atoms with van der Waals surface area (Å²) in [4.78, 5) is 13.0. The van der Waals surface area contributed by atoms with Gasteiger partial charge < -0.3 is 19.5 Å². The summed E-state index contributed by atoms with van der Waals surface area (Å²) in [6, 6.07) is 23.1. The van der Waals surface area contributed by atoms with E-state index in [1.54, 1.807) is 7.11 Å². The Morgan fingerprint density at radius 3 is 2.66 bits per heavy atom. The van der Waals surface area contributed by atoms with Crippen LogP contribution in [-0.2, 0) is 11.3 Å². The minimum absolute atomic E-state index is 0.154. The van der Waals surface area contributed by atoms with E-state index in [4.69, 9.17) is 14.2 Å². The molecule has 2 heterocycles. The normalized spacial score (nSPS) is 12.9. The molecule has 1 N–H and O–H groups in total. The second-order valence-electron chi connectivity index (χ2n) is 7.90. The quantitative estimate of drug-likeness (QED) is 0.355. The summed E-state index contributed by atoms with van der Waals surface area (Å²) in [6.45, 7) is 2.58. The van der Waals surface area contributed by atoms with Crippen molar-refractivity contribution >= 4 is 23.4 Å². The molecule has 1 unspecified atom stereocenters. The van der Waals surface area contributed by atoms with Gasteiger partial charge in [-0.25, -0.2) is 0 Å². The molecule has 5 rings (SSSR count). The fourth-order valence-corrected chi connectivity index (χ4v) is 4.58. The van der Waals surface area contributed by atoms with Gasteiger partial charge in [-0.05, 0) is 36.8 Å². The van der Waals surface area contributed by atoms with Crippen molar-refractivity contribution in [2.24, 2.45) is 0 Å². The van der Waals surface area contributed by atoms with Crippen molar-refractivity contribution in [3.63, 3.8) is 0 Å². The molecule has 0 aliphatic carbocycles. The molecule has 3 aromatic carbocycles. The number of nitrogens with one attached hydrogen (secondary N) is 1. The topological polar surface area (TPSA) is 87.5 Å². The lowest BCUT2D eigenvalue weighted by molar-refractivity contribution is -0.115. The van der Waals surface area contributed by atoms with Gasteiger partial charge in [-0.2, -0.15) is 0 Å². The Morgan fingerprint density at radius 1 is 1.06 bits per heavy atom. The Labute approximate surface area is 207 Å². The smallest absolute Gasteiger partial charge is 0.237 e. The summed E-state index contributed by atoms with van der Waals surface area (Å²) < 4.78 is 18.3. The van der Waals surface area contributed by atoms with Gasteiger partial charge in [0.25, 0.3) is 0 Å². The number of nitrogens with zero attached hydrogens (tertiary/aromatic N) is 3. The molecule has 0 fully saturated rings. The minimum atomic E-state index is -0.428. The summed E-state index contributed by atoms with van der Waals surface area (Å²) >= 11 is 1.35. The molecule has 1 aliphatic heterocycles. The molecule has 9 heteroatoms. The Kier molecular flexibility index (Phi) is 6.58. The molecular formula is C26H24N4O4S. The SMILES string of the molecule is COc1ccccc1NC(=O)C(C)Sc1nnc(-c2ccccc2)n1Cc1ccc2c(c1)OCO2. The molecule has 4 aromatic rings. The number of methoxy groups -OCH3 is 1. The van der Waals surface area contributed by atoms with Crippen LogP contribution < -0.4 is 19.5 Å². The van der Waals surface area contributed by atoms with E-state index in [-0.39, 0.29) is 12.7 Å². The number of ether oxygens (including phenoxy) is 3. The van der Waals surface area contributed by atoms with Crippen molar-refractivity contribution in [1.29, 1.82) is 0 Å². The Morgan fingerprint density at radius 2 is 1.83 bits per heavy atom. The summed E-state index contributed by atoms with van der Waals surface area (Å²) in [7, 11) is 1.58. The van der Waals surface area contributed by atoms with Crippen LogP contribution in [0.4, 0.5) is 5.69 Å².